The van der Waals surface area contributed by atoms with Crippen molar-refractivity contribution in [3.63, 3.8) is 0 Å². The van der Waals surface area contributed by atoms with Gasteiger partial charge in [0.25, 0.3) is 0 Å². The summed E-state index contributed by atoms with van der Waals surface area (Å²) in [4.78, 5) is 0. The number of hydrogen-bond donors (Lipinski definition) is 1. The van der Waals surface area contributed by atoms with Crippen molar-refractivity contribution in [3.05, 3.63) is 0 Å². The standard InChI is InChI=1S/C18H34N2O/c1-4-5-6-7-8-13-21-14-11-17-10-9-12-18(17,15-19)20-16(2)3/h16-17,20H,4-14H2,1-3H3. The zero-order chi connectivity index (χ0) is 15.6. The monoisotopic (exact) mass is 294 g/mol. The summed E-state index contributed by atoms with van der Waals surface area (Å²) in [7, 11) is 0. The first-order valence-corrected chi connectivity index (χ1v) is 8.91. The van der Waals surface area contributed by atoms with Crippen molar-refractivity contribution >= 4 is 0 Å². The van der Waals surface area contributed by atoms with Crippen molar-refractivity contribution in [2.24, 2.45) is 5.92 Å². The van der Waals surface area contributed by atoms with Crippen molar-refractivity contribution in [3.8, 4) is 6.07 Å². The van der Waals surface area contributed by atoms with E-state index in [1.165, 1.54) is 32.1 Å². The highest BCUT2D eigenvalue weighted by atomic mass is 16.5. The molecule has 3 heteroatoms. The molecule has 2 atom stereocenters. The lowest BCUT2D eigenvalue weighted by Gasteiger charge is -2.32. The lowest BCUT2D eigenvalue weighted by atomic mass is 9.85. The largest absolute Gasteiger partial charge is 0.381 e. The van der Waals surface area contributed by atoms with Crippen LogP contribution < -0.4 is 5.32 Å². The predicted octanol–water partition coefficient (Wildman–Crippen LogP) is 4.42. The topological polar surface area (TPSA) is 45.0 Å². The van der Waals surface area contributed by atoms with Gasteiger partial charge in [-0.15, -0.1) is 0 Å². The van der Waals surface area contributed by atoms with Crippen LogP contribution in [0.5, 0.6) is 0 Å². The maximum atomic E-state index is 9.61. The Morgan fingerprint density at radius 2 is 2.00 bits per heavy atom. The molecule has 0 spiro atoms. The first kappa shape index (κ1) is 18.5. The summed E-state index contributed by atoms with van der Waals surface area (Å²) >= 11 is 0. The molecular formula is C18H34N2O. The molecular weight excluding hydrogens is 260 g/mol. The molecule has 0 bridgehead atoms. The highest BCUT2D eigenvalue weighted by Gasteiger charge is 2.42. The zero-order valence-electron chi connectivity index (χ0n) is 14.3. The second-order valence-corrected chi connectivity index (χ2v) is 6.79. The lowest BCUT2D eigenvalue weighted by molar-refractivity contribution is 0.107. The van der Waals surface area contributed by atoms with Gasteiger partial charge < -0.3 is 4.74 Å². The van der Waals surface area contributed by atoms with Crippen molar-refractivity contribution in [2.75, 3.05) is 13.2 Å². The molecule has 1 saturated carbocycles. The van der Waals surface area contributed by atoms with E-state index < -0.39 is 0 Å². The Balaban J connectivity index is 2.20. The summed E-state index contributed by atoms with van der Waals surface area (Å²) in [6.45, 7) is 8.18. The number of rotatable bonds is 11. The van der Waals surface area contributed by atoms with Gasteiger partial charge in [-0.3, -0.25) is 5.32 Å². The molecule has 21 heavy (non-hydrogen) atoms. The van der Waals surface area contributed by atoms with Gasteiger partial charge in [-0.25, -0.2) is 0 Å². The van der Waals surface area contributed by atoms with Crippen LogP contribution in [0.2, 0.25) is 0 Å². The molecule has 1 N–H and O–H groups in total. The maximum absolute atomic E-state index is 9.61. The molecule has 2 unspecified atom stereocenters. The highest BCUT2D eigenvalue weighted by molar-refractivity contribution is 5.14. The van der Waals surface area contributed by atoms with Gasteiger partial charge in [0.1, 0.15) is 5.54 Å². The zero-order valence-corrected chi connectivity index (χ0v) is 14.3. The highest BCUT2D eigenvalue weighted by Crippen LogP contribution is 2.37. The van der Waals surface area contributed by atoms with E-state index in [1.807, 2.05) is 0 Å². The van der Waals surface area contributed by atoms with Gasteiger partial charge in [-0.1, -0.05) is 39.0 Å². The van der Waals surface area contributed by atoms with E-state index >= 15 is 0 Å². The summed E-state index contributed by atoms with van der Waals surface area (Å²) in [6, 6.07) is 2.93. The van der Waals surface area contributed by atoms with E-state index in [0.717, 1.165) is 38.9 Å². The lowest BCUT2D eigenvalue weighted by Crippen LogP contribution is -2.50. The van der Waals surface area contributed by atoms with Crippen LogP contribution in [0, 0.1) is 17.2 Å². The quantitative estimate of drug-likeness (QED) is 0.574. The predicted molar refractivity (Wildman–Crippen MR) is 88.2 cm³/mol. The van der Waals surface area contributed by atoms with Crippen LogP contribution in [0.4, 0.5) is 0 Å². The molecule has 0 saturated heterocycles. The van der Waals surface area contributed by atoms with Crippen LogP contribution in [-0.2, 0) is 4.74 Å². The Morgan fingerprint density at radius 3 is 2.67 bits per heavy atom. The summed E-state index contributed by atoms with van der Waals surface area (Å²) in [5.41, 5.74) is -0.307. The number of nitriles is 1. The van der Waals surface area contributed by atoms with Crippen molar-refractivity contribution in [1.29, 1.82) is 5.26 Å². The third kappa shape index (κ3) is 6.36. The van der Waals surface area contributed by atoms with E-state index in [9.17, 15) is 5.26 Å². The van der Waals surface area contributed by atoms with Crippen molar-refractivity contribution in [2.45, 2.75) is 90.1 Å². The molecule has 0 amide bonds. The molecule has 0 radical (unpaired) electrons. The van der Waals surface area contributed by atoms with Gasteiger partial charge >= 0.3 is 0 Å². The molecule has 1 aliphatic carbocycles. The fourth-order valence-corrected chi connectivity index (χ4v) is 3.49. The minimum atomic E-state index is -0.307. The Kier molecular flexibility index (Phi) is 8.96. The number of hydrogen-bond acceptors (Lipinski definition) is 3. The minimum absolute atomic E-state index is 0.307. The first-order valence-electron chi connectivity index (χ1n) is 8.91. The molecule has 0 aromatic heterocycles. The second-order valence-electron chi connectivity index (χ2n) is 6.79. The van der Waals surface area contributed by atoms with Crippen molar-refractivity contribution < 1.29 is 4.74 Å². The van der Waals surface area contributed by atoms with Crippen LogP contribution >= 0.6 is 0 Å². The van der Waals surface area contributed by atoms with Gasteiger partial charge in [-0.2, -0.15) is 5.26 Å². The van der Waals surface area contributed by atoms with Gasteiger partial charge in [0.2, 0.25) is 0 Å². The average Bonchev–Trinajstić information content (AvgIpc) is 2.84. The Labute approximate surface area is 131 Å². The molecule has 0 aromatic carbocycles. The molecule has 0 aliphatic heterocycles. The maximum Gasteiger partial charge on any atom is 0.109 e. The fraction of sp³-hybridized carbons (Fsp3) is 0.944. The van der Waals surface area contributed by atoms with E-state index in [1.54, 1.807) is 0 Å². The van der Waals surface area contributed by atoms with Crippen LogP contribution in [0.3, 0.4) is 0 Å². The third-order valence-corrected chi connectivity index (χ3v) is 4.57. The molecule has 0 aromatic rings. The van der Waals surface area contributed by atoms with Gasteiger partial charge in [-0.05, 0) is 45.4 Å². The summed E-state index contributed by atoms with van der Waals surface area (Å²) < 4.78 is 5.78. The molecule has 1 rings (SSSR count). The molecule has 1 fully saturated rings. The van der Waals surface area contributed by atoms with Crippen molar-refractivity contribution in [1.82, 2.24) is 5.32 Å². The Hall–Kier alpha value is -0.590. The Morgan fingerprint density at radius 1 is 1.24 bits per heavy atom. The first-order chi connectivity index (χ1) is 10.1. The van der Waals surface area contributed by atoms with Gasteiger partial charge in [0.05, 0.1) is 6.07 Å². The average molecular weight is 294 g/mol. The normalized spacial score (nSPS) is 25.4. The molecule has 1 aliphatic rings. The van der Waals surface area contributed by atoms with E-state index in [0.29, 0.717) is 12.0 Å². The summed E-state index contributed by atoms with van der Waals surface area (Å²) in [5.74, 6) is 0.449. The number of ether oxygens (including phenoxy) is 1. The van der Waals surface area contributed by atoms with E-state index in [-0.39, 0.29) is 5.54 Å². The molecule has 3 nitrogen and oxygen atoms in total. The SMILES string of the molecule is CCCCCCCOCCC1CCCC1(C#N)NC(C)C. The number of unbranched alkanes of at least 4 members (excludes halogenated alkanes) is 4. The number of nitrogens with one attached hydrogen (secondary N) is 1. The molecule has 122 valence electrons. The van der Waals surface area contributed by atoms with Crippen LogP contribution in [0.1, 0.15) is 78.6 Å². The third-order valence-electron chi connectivity index (χ3n) is 4.57. The van der Waals surface area contributed by atoms with E-state index in [4.69, 9.17) is 4.74 Å². The van der Waals surface area contributed by atoms with Gasteiger partial charge in [0.15, 0.2) is 0 Å². The second kappa shape index (κ2) is 10.2. The van der Waals surface area contributed by atoms with Crippen LogP contribution in [-0.4, -0.2) is 24.8 Å². The summed E-state index contributed by atoms with van der Waals surface area (Å²) in [6.07, 6.45) is 10.8. The van der Waals surface area contributed by atoms with Crippen LogP contribution in [0.15, 0.2) is 0 Å². The number of nitrogens with zero attached hydrogens (tertiary/aromatic N) is 1. The fourth-order valence-electron chi connectivity index (χ4n) is 3.49. The van der Waals surface area contributed by atoms with Gasteiger partial charge in [0, 0.05) is 19.3 Å². The summed E-state index contributed by atoms with van der Waals surface area (Å²) in [5, 5.41) is 13.1. The van der Waals surface area contributed by atoms with E-state index in [2.05, 4.69) is 32.2 Å². The minimum Gasteiger partial charge on any atom is -0.381 e. The van der Waals surface area contributed by atoms with Crippen LogP contribution in [0.25, 0.3) is 0 Å². The smallest absolute Gasteiger partial charge is 0.109 e. The molecule has 0 heterocycles. The Bertz CT molecular complexity index is 311.